The van der Waals surface area contributed by atoms with Gasteiger partial charge in [-0.1, -0.05) is 6.42 Å². The fourth-order valence-electron chi connectivity index (χ4n) is 4.08. The molecule has 6 unspecified atom stereocenters. The zero-order valence-corrected chi connectivity index (χ0v) is 22.6. The van der Waals surface area contributed by atoms with E-state index in [-0.39, 0.29) is 11.8 Å². The van der Waals surface area contributed by atoms with Gasteiger partial charge in [0, 0.05) is 38.0 Å². The summed E-state index contributed by atoms with van der Waals surface area (Å²) in [6.45, 7) is 7.88. The summed E-state index contributed by atoms with van der Waals surface area (Å²) in [7, 11) is 0. The Bertz CT molecular complexity index is 870. The molecule has 14 nitrogen and oxygen atoms in total. The smallest absolute Gasteiger partial charge is 0.227 e. The quantitative estimate of drug-likeness (QED) is 0.168. The number of anilines is 4. The second-order valence-electron chi connectivity index (χ2n) is 10.2. The zero-order chi connectivity index (χ0) is 27.7. The van der Waals surface area contributed by atoms with Crippen molar-refractivity contribution >= 4 is 23.8 Å². The van der Waals surface area contributed by atoms with Crippen LogP contribution in [0.1, 0.15) is 76.9 Å². The van der Waals surface area contributed by atoms with E-state index in [1.54, 1.807) is 27.7 Å². The first-order valence-electron chi connectivity index (χ1n) is 13.3. The molecule has 38 heavy (non-hydrogen) atoms. The number of hydrogen-bond donors (Lipinski definition) is 8. The van der Waals surface area contributed by atoms with E-state index in [0.29, 0.717) is 68.0 Å². The molecule has 2 heterocycles. The van der Waals surface area contributed by atoms with Crippen LogP contribution < -0.4 is 21.3 Å². The third kappa shape index (κ3) is 9.74. The average molecular weight is 535 g/mol. The first kappa shape index (κ1) is 29.6. The van der Waals surface area contributed by atoms with Crippen molar-refractivity contribution < 1.29 is 20.4 Å². The van der Waals surface area contributed by atoms with E-state index < -0.39 is 24.4 Å². The van der Waals surface area contributed by atoms with Crippen LogP contribution in [0.15, 0.2) is 0 Å². The molecule has 0 saturated heterocycles. The van der Waals surface area contributed by atoms with Crippen LogP contribution in [-0.4, -0.2) is 101 Å². The number of aliphatic hydroxyl groups excluding tert-OH is 4. The molecule has 3 rings (SSSR count). The molecule has 14 heteroatoms. The van der Waals surface area contributed by atoms with Crippen molar-refractivity contribution in [2.75, 3.05) is 47.4 Å². The van der Waals surface area contributed by atoms with Gasteiger partial charge in [-0.25, -0.2) is 0 Å². The highest BCUT2D eigenvalue weighted by Crippen LogP contribution is 2.39. The maximum atomic E-state index is 9.68. The van der Waals surface area contributed by atoms with Gasteiger partial charge >= 0.3 is 0 Å². The van der Waals surface area contributed by atoms with Gasteiger partial charge in [-0.15, -0.1) is 0 Å². The Balaban J connectivity index is 1.84. The third-order valence-corrected chi connectivity index (χ3v) is 5.93. The molecule has 212 valence electrons. The molecule has 1 fully saturated rings. The predicted molar refractivity (Wildman–Crippen MR) is 144 cm³/mol. The molecule has 1 aliphatic carbocycles. The monoisotopic (exact) mass is 534 g/mol. The van der Waals surface area contributed by atoms with E-state index in [9.17, 15) is 20.4 Å². The van der Waals surface area contributed by atoms with Crippen LogP contribution in [0.25, 0.3) is 0 Å². The lowest BCUT2D eigenvalue weighted by molar-refractivity contribution is 0.207. The second kappa shape index (κ2) is 14.3. The van der Waals surface area contributed by atoms with Crippen molar-refractivity contribution in [3.8, 4) is 0 Å². The lowest BCUT2D eigenvalue weighted by Gasteiger charge is -2.28. The number of aromatic nitrogens is 6. The molecule has 6 atom stereocenters. The van der Waals surface area contributed by atoms with Gasteiger partial charge in [0.15, 0.2) is 0 Å². The highest BCUT2D eigenvalue weighted by molar-refractivity contribution is 5.37. The molecule has 2 aromatic heterocycles. The minimum absolute atomic E-state index is 0.0236. The summed E-state index contributed by atoms with van der Waals surface area (Å²) >= 11 is 0. The molecular weight excluding hydrogens is 492 g/mol. The molecule has 0 amide bonds. The molecule has 2 aromatic rings. The van der Waals surface area contributed by atoms with Crippen molar-refractivity contribution in [2.45, 2.75) is 89.6 Å². The molecule has 0 aliphatic heterocycles. The fourth-order valence-corrected chi connectivity index (χ4v) is 4.08. The van der Waals surface area contributed by atoms with Gasteiger partial charge in [0.25, 0.3) is 0 Å². The van der Waals surface area contributed by atoms with Crippen LogP contribution in [0.3, 0.4) is 0 Å². The van der Waals surface area contributed by atoms with Crippen molar-refractivity contribution in [3.05, 3.63) is 11.6 Å². The topological polar surface area (TPSA) is 206 Å². The average Bonchev–Trinajstić information content (AvgIpc) is 2.88. The van der Waals surface area contributed by atoms with Crippen LogP contribution in [0.2, 0.25) is 0 Å². The molecule has 0 aromatic carbocycles. The normalized spacial score (nSPS) is 20.7. The van der Waals surface area contributed by atoms with Gasteiger partial charge in [-0.05, 0) is 47.0 Å². The number of nitrogens with one attached hydrogen (secondary N) is 4. The fraction of sp³-hybridized carbons (Fsp3) is 0.750. The summed E-state index contributed by atoms with van der Waals surface area (Å²) in [5.41, 5.74) is 0. The summed E-state index contributed by atoms with van der Waals surface area (Å²) in [6.07, 6.45) is 1.13. The van der Waals surface area contributed by atoms with Crippen LogP contribution in [0.5, 0.6) is 0 Å². The van der Waals surface area contributed by atoms with Gasteiger partial charge in [0.1, 0.15) is 11.6 Å². The second-order valence-corrected chi connectivity index (χ2v) is 10.2. The largest absolute Gasteiger partial charge is 0.392 e. The first-order chi connectivity index (χ1) is 18.1. The van der Waals surface area contributed by atoms with Crippen molar-refractivity contribution in [1.82, 2.24) is 29.9 Å². The number of rotatable bonds is 14. The molecule has 1 aliphatic rings. The Labute approximate surface area is 223 Å². The summed E-state index contributed by atoms with van der Waals surface area (Å²) in [4.78, 5) is 27.3. The van der Waals surface area contributed by atoms with Gasteiger partial charge < -0.3 is 41.7 Å². The van der Waals surface area contributed by atoms with Gasteiger partial charge in [-0.2, -0.15) is 29.9 Å². The highest BCUT2D eigenvalue weighted by Gasteiger charge is 2.29. The summed E-state index contributed by atoms with van der Waals surface area (Å²) in [6, 6.07) is 0. The third-order valence-electron chi connectivity index (χ3n) is 5.93. The minimum atomic E-state index is -0.569. The maximum Gasteiger partial charge on any atom is 0.227 e. The Morgan fingerprint density at radius 3 is 1.11 bits per heavy atom. The predicted octanol–water partition coefficient (Wildman–Crippen LogP) is 0.669. The lowest BCUT2D eigenvalue weighted by Crippen LogP contribution is -2.24. The standard InChI is InChI=1S/C24H42N10O4/c1-13(35)9-25-21-29-19(30-22(33-21)26-10-14(2)36)17-6-5-7-18(8-17)20-31-23(27-11-15(3)37)34-24(32-20)28-12-16(4)38/h13-18,35-38H,5-12H2,1-4H3,(H2,25,26,29,30,33)(H2,27,28,31,32,34). The van der Waals surface area contributed by atoms with Crippen LogP contribution >= 0.6 is 0 Å². The maximum absolute atomic E-state index is 9.68. The Morgan fingerprint density at radius 1 is 0.553 bits per heavy atom. The van der Waals surface area contributed by atoms with Gasteiger partial charge in [0.2, 0.25) is 23.8 Å². The van der Waals surface area contributed by atoms with Gasteiger partial charge in [0.05, 0.1) is 24.4 Å². The summed E-state index contributed by atoms with van der Waals surface area (Å²) < 4.78 is 0. The molecule has 0 bridgehead atoms. The summed E-state index contributed by atoms with van der Waals surface area (Å²) in [5, 5.41) is 50.9. The van der Waals surface area contributed by atoms with E-state index in [2.05, 4.69) is 51.2 Å². The molecular formula is C24H42N10O4. The Kier molecular flexibility index (Phi) is 11.1. The van der Waals surface area contributed by atoms with Crippen molar-refractivity contribution in [3.63, 3.8) is 0 Å². The van der Waals surface area contributed by atoms with E-state index in [1.165, 1.54) is 0 Å². The van der Waals surface area contributed by atoms with E-state index in [0.717, 1.165) is 19.3 Å². The summed E-state index contributed by atoms with van der Waals surface area (Å²) in [5.74, 6) is 2.74. The molecule has 1 saturated carbocycles. The minimum Gasteiger partial charge on any atom is -0.392 e. The lowest BCUT2D eigenvalue weighted by atomic mass is 9.80. The number of aliphatic hydroxyl groups is 4. The zero-order valence-electron chi connectivity index (χ0n) is 22.6. The van der Waals surface area contributed by atoms with Crippen LogP contribution in [-0.2, 0) is 0 Å². The number of nitrogens with zero attached hydrogens (tertiary/aromatic N) is 6. The van der Waals surface area contributed by atoms with E-state index >= 15 is 0 Å². The van der Waals surface area contributed by atoms with Crippen LogP contribution in [0, 0.1) is 0 Å². The Hall–Kier alpha value is -2.94. The first-order valence-corrected chi connectivity index (χ1v) is 13.3. The van der Waals surface area contributed by atoms with Crippen LogP contribution in [0.4, 0.5) is 23.8 Å². The molecule has 8 N–H and O–H groups in total. The van der Waals surface area contributed by atoms with Crippen molar-refractivity contribution in [2.24, 2.45) is 0 Å². The van der Waals surface area contributed by atoms with E-state index in [4.69, 9.17) is 0 Å². The molecule has 0 radical (unpaired) electrons. The Morgan fingerprint density at radius 2 is 0.842 bits per heavy atom. The number of hydrogen-bond acceptors (Lipinski definition) is 14. The van der Waals surface area contributed by atoms with E-state index in [1.807, 2.05) is 0 Å². The highest BCUT2D eigenvalue weighted by atomic mass is 16.3. The van der Waals surface area contributed by atoms with Crippen molar-refractivity contribution in [1.29, 1.82) is 0 Å². The SMILES string of the molecule is CC(O)CNc1nc(NCC(C)O)nc(C2CCCC(c3nc(NCC(C)O)nc(NCC(C)O)n3)C2)n1. The molecule has 0 spiro atoms. The van der Waals surface area contributed by atoms with Gasteiger partial charge in [-0.3, -0.25) is 0 Å².